The molecule has 2 heterocycles. The summed E-state index contributed by atoms with van der Waals surface area (Å²) in [5, 5.41) is 2.23. The molecule has 2 aromatic rings. The Balaban J connectivity index is 1.79. The molecule has 28 heavy (non-hydrogen) atoms. The Kier molecular flexibility index (Phi) is 5.36. The SMILES string of the molecule is Cn1cc(NS(=O)(=O)NC2(C)COC2)c(Cl)c1C(=O)Nc1ccc(F)c(F)c1. The molecule has 1 fully saturated rings. The maximum absolute atomic E-state index is 13.3. The zero-order valence-electron chi connectivity index (χ0n) is 14.8. The van der Waals surface area contributed by atoms with Gasteiger partial charge in [-0.2, -0.15) is 13.1 Å². The molecule has 152 valence electrons. The Morgan fingerprint density at radius 2 is 1.96 bits per heavy atom. The van der Waals surface area contributed by atoms with E-state index in [1.165, 1.54) is 23.9 Å². The molecule has 1 aliphatic heterocycles. The number of nitrogens with zero attached hydrogens (tertiary/aromatic N) is 1. The van der Waals surface area contributed by atoms with Crippen LogP contribution in [-0.4, -0.2) is 37.6 Å². The zero-order chi connectivity index (χ0) is 20.7. The maximum Gasteiger partial charge on any atom is 0.299 e. The van der Waals surface area contributed by atoms with Crippen molar-refractivity contribution >= 4 is 39.1 Å². The number of carbonyl (C=O) groups excluding carboxylic acids is 1. The van der Waals surface area contributed by atoms with Gasteiger partial charge in [-0.15, -0.1) is 0 Å². The number of carbonyl (C=O) groups is 1. The van der Waals surface area contributed by atoms with Crippen LogP contribution in [0.25, 0.3) is 0 Å². The first-order valence-electron chi connectivity index (χ1n) is 8.00. The monoisotopic (exact) mass is 434 g/mol. The van der Waals surface area contributed by atoms with E-state index in [2.05, 4.69) is 14.8 Å². The van der Waals surface area contributed by atoms with Gasteiger partial charge in [0.1, 0.15) is 5.69 Å². The Morgan fingerprint density at radius 3 is 2.54 bits per heavy atom. The highest BCUT2D eigenvalue weighted by atomic mass is 35.5. The topological polar surface area (TPSA) is 101 Å². The molecule has 1 saturated heterocycles. The summed E-state index contributed by atoms with van der Waals surface area (Å²) < 4.78 is 61.9. The molecule has 0 spiro atoms. The van der Waals surface area contributed by atoms with E-state index >= 15 is 0 Å². The Hall–Kier alpha value is -2.21. The third kappa shape index (κ3) is 4.27. The second-order valence-electron chi connectivity index (χ2n) is 6.66. The molecule has 12 heteroatoms. The number of halogens is 3. The van der Waals surface area contributed by atoms with Crippen molar-refractivity contribution in [3.8, 4) is 0 Å². The number of aryl methyl sites for hydroxylation is 1. The largest absolute Gasteiger partial charge is 0.377 e. The van der Waals surface area contributed by atoms with Gasteiger partial charge in [0.25, 0.3) is 16.1 Å². The first-order chi connectivity index (χ1) is 13.0. The van der Waals surface area contributed by atoms with E-state index < -0.39 is 33.3 Å². The molecule has 1 aromatic heterocycles. The van der Waals surface area contributed by atoms with Crippen molar-refractivity contribution in [3.05, 3.63) is 46.7 Å². The third-order valence-electron chi connectivity index (χ3n) is 3.98. The van der Waals surface area contributed by atoms with Gasteiger partial charge in [-0.05, 0) is 19.1 Å². The fourth-order valence-corrected chi connectivity index (χ4v) is 4.29. The van der Waals surface area contributed by atoms with Gasteiger partial charge in [0.15, 0.2) is 11.6 Å². The molecule has 3 N–H and O–H groups in total. The molecule has 1 aliphatic rings. The fourth-order valence-electron chi connectivity index (χ4n) is 2.65. The predicted molar refractivity (Wildman–Crippen MR) is 99.6 cm³/mol. The summed E-state index contributed by atoms with van der Waals surface area (Å²) in [5.74, 6) is -2.90. The van der Waals surface area contributed by atoms with Crippen LogP contribution in [0.2, 0.25) is 5.02 Å². The van der Waals surface area contributed by atoms with Crippen molar-refractivity contribution in [1.29, 1.82) is 0 Å². The zero-order valence-corrected chi connectivity index (χ0v) is 16.4. The number of amides is 1. The minimum Gasteiger partial charge on any atom is -0.377 e. The van der Waals surface area contributed by atoms with Gasteiger partial charge in [-0.25, -0.2) is 8.78 Å². The number of benzene rings is 1. The molecular formula is C16H17ClF2N4O4S. The van der Waals surface area contributed by atoms with E-state index in [9.17, 15) is 22.0 Å². The summed E-state index contributed by atoms with van der Waals surface area (Å²) in [6.07, 6.45) is 1.32. The van der Waals surface area contributed by atoms with Gasteiger partial charge < -0.3 is 14.6 Å². The van der Waals surface area contributed by atoms with Gasteiger partial charge in [0.05, 0.1) is 29.5 Å². The van der Waals surface area contributed by atoms with Crippen LogP contribution in [0.4, 0.5) is 20.2 Å². The first-order valence-corrected chi connectivity index (χ1v) is 9.86. The van der Waals surface area contributed by atoms with E-state index in [0.29, 0.717) is 0 Å². The average Bonchev–Trinajstić information content (AvgIpc) is 2.82. The van der Waals surface area contributed by atoms with Gasteiger partial charge in [0, 0.05) is 25.0 Å². The minimum absolute atomic E-state index is 0.0165. The van der Waals surface area contributed by atoms with Crippen molar-refractivity contribution in [2.45, 2.75) is 12.5 Å². The number of aromatic nitrogens is 1. The fraction of sp³-hybridized carbons (Fsp3) is 0.312. The lowest BCUT2D eigenvalue weighted by Crippen LogP contribution is -2.60. The van der Waals surface area contributed by atoms with Crippen molar-refractivity contribution in [3.63, 3.8) is 0 Å². The Bertz CT molecular complexity index is 1040. The van der Waals surface area contributed by atoms with Crippen LogP contribution in [-0.2, 0) is 22.0 Å². The van der Waals surface area contributed by atoms with Crippen molar-refractivity contribution in [1.82, 2.24) is 9.29 Å². The number of rotatable bonds is 6. The molecule has 1 aromatic carbocycles. The number of ether oxygens (including phenoxy) is 1. The smallest absolute Gasteiger partial charge is 0.299 e. The molecule has 1 amide bonds. The van der Waals surface area contributed by atoms with Gasteiger partial charge in [-0.3, -0.25) is 9.52 Å². The van der Waals surface area contributed by atoms with E-state index in [1.54, 1.807) is 6.92 Å². The molecule has 0 bridgehead atoms. The van der Waals surface area contributed by atoms with Crippen molar-refractivity contribution < 1.29 is 26.7 Å². The lowest BCUT2D eigenvalue weighted by atomic mass is 10.0. The normalized spacial score (nSPS) is 15.8. The van der Waals surface area contributed by atoms with Gasteiger partial charge in [0.2, 0.25) is 0 Å². The van der Waals surface area contributed by atoms with Crippen molar-refractivity contribution in [2.75, 3.05) is 23.3 Å². The summed E-state index contributed by atoms with van der Waals surface area (Å²) in [6.45, 7) is 2.15. The molecular weight excluding hydrogens is 418 g/mol. The molecule has 8 nitrogen and oxygen atoms in total. The molecule has 0 atom stereocenters. The lowest BCUT2D eigenvalue weighted by molar-refractivity contribution is -0.0522. The Labute approximate surface area is 165 Å². The van der Waals surface area contributed by atoms with Gasteiger partial charge >= 0.3 is 0 Å². The number of nitrogens with one attached hydrogen (secondary N) is 3. The maximum atomic E-state index is 13.3. The summed E-state index contributed by atoms with van der Waals surface area (Å²) in [5.41, 5.74) is -0.791. The summed E-state index contributed by atoms with van der Waals surface area (Å²) in [7, 11) is -2.49. The first kappa shape index (κ1) is 20.5. The second kappa shape index (κ2) is 7.32. The molecule has 0 aliphatic carbocycles. The number of hydrogen-bond donors (Lipinski definition) is 3. The van der Waals surface area contributed by atoms with Crippen LogP contribution in [0.15, 0.2) is 24.4 Å². The quantitative estimate of drug-likeness (QED) is 0.649. The highest BCUT2D eigenvalue weighted by Crippen LogP contribution is 2.30. The van der Waals surface area contributed by atoms with Crippen LogP contribution < -0.4 is 14.8 Å². The van der Waals surface area contributed by atoms with Crippen LogP contribution in [0, 0.1) is 11.6 Å². The predicted octanol–water partition coefficient (Wildman–Crippen LogP) is 2.24. The average molecular weight is 435 g/mol. The second-order valence-corrected chi connectivity index (χ2v) is 8.45. The highest BCUT2D eigenvalue weighted by molar-refractivity contribution is 7.90. The lowest BCUT2D eigenvalue weighted by Gasteiger charge is -2.38. The summed E-state index contributed by atoms with van der Waals surface area (Å²) >= 11 is 6.18. The van der Waals surface area contributed by atoms with E-state index in [-0.39, 0.29) is 35.3 Å². The highest BCUT2D eigenvalue weighted by Gasteiger charge is 2.37. The van der Waals surface area contributed by atoms with Crippen LogP contribution in [0.1, 0.15) is 17.4 Å². The summed E-state index contributed by atoms with van der Waals surface area (Å²) in [6, 6.07) is 2.87. The standard InChI is InChI=1S/C16H17ClF2N4O4S/c1-16(7-27-8-16)22-28(25,26)21-12-6-23(2)14(13(12)17)15(24)20-9-3-4-10(18)11(19)5-9/h3-6,21-22H,7-8H2,1-2H3,(H,20,24). The molecule has 3 rings (SSSR count). The van der Waals surface area contributed by atoms with E-state index in [1.807, 2.05) is 0 Å². The molecule has 0 saturated carbocycles. The van der Waals surface area contributed by atoms with Crippen LogP contribution >= 0.6 is 11.6 Å². The van der Waals surface area contributed by atoms with Crippen LogP contribution in [0.3, 0.4) is 0 Å². The third-order valence-corrected chi connectivity index (χ3v) is 5.61. The number of hydrogen-bond acceptors (Lipinski definition) is 4. The molecule has 0 unspecified atom stereocenters. The molecule has 0 radical (unpaired) electrons. The van der Waals surface area contributed by atoms with Crippen molar-refractivity contribution in [2.24, 2.45) is 7.05 Å². The van der Waals surface area contributed by atoms with E-state index in [4.69, 9.17) is 16.3 Å². The van der Waals surface area contributed by atoms with Gasteiger partial charge in [-0.1, -0.05) is 11.6 Å². The Morgan fingerprint density at radius 1 is 1.29 bits per heavy atom. The number of anilines is 2. The minimum atomic E-state index is -3.97. The van der Waals surface area contributed by atoms with Crippen LogP contribution in [0.5, 0.6) is 0 Å². The van der Waals surface area contributed by atoms with E-state index in [0.717, 1.165) is 12.1 Å². The summed E-state index contributed by atoms with van der Waals surface area (Å²) in [4.78, 5) is 12.5.